The summed E-state index contributed by atoms with van der Waals surface area (Å²) in [5, 5.41) is 9.46. The zero-order valence-corrected chi connectivity index (χ0v) is 17.9. The Kier molecular flexibility index (Phi) is 5.33. The molecule has 0 radical (unpaired) electrons. The Bertz CT molecular complexity index is 999. The summed E-state index contributed by atoms with van der Waals surface area (Å²) in [5.41, 5.74) is 3.99. The molecule has 0 aliphatic heterocycles. The van der Waals surface area contributed by atoms with E-state index >= 15 is 0 Å². The van der Waals surface area contributed by atoms with Gasteiger partial charge in [-0.2, -0.15) is 5.10 Å². The van der Waals surface area contributed by atoms with Crippen molar-refractivity contribution in [2.24, 2.45) is 27.0 Å². The van der Waals surface area contributed by atoms with Crippen LogP contribution in [-0.2, 0) is 19.6 Å². The highest BCUT2D eigenvalue weighted by molar-refractivity contribution is 7.89. The Morgan fingerprint density at radius 1 is 1.31 bits per heavy atom. The van der Waals surface area contributed by atoms with Crippen LogP contribution in [0.1, 0.15) is 56.0 Å². The van der Waals surface area contributed by atoms with E-state index in [1.165, 1.54) is 18.6 Å². The summed E-state index contributed by atoms with van der Waals surface area (Å²) in [6.07, 6.45) is 3.09. The number of hydrogen-bond acceptors (Lipinski definition) is 6. The maximum Gasteiger partial charge on any atom is 0.338 e. The molecule has 1 aromatic carbocycles. The summed E-state index contributed by atoms with van der Waals surface area (Å²) >= 11 is 0. The second-order valence-corrected chi connectivity index (χ2v) is 10.2. The lowest BCUT2D eigenvalue weighted by Crippen LogP contribution is -2.34. The highest BCUT2D eigenvalue weighted by Crippen LogP contribution is 2.63. The molecule has 2 aliphatic carbocycles. The van der Waals surface area contributed by atoms with Crippen molar-refractivity contribution in [3.63, 3.8) is 0 Å². The quantitative estimate of drug-likeness (QED) is 0.556. The fraction of sp³-hybridized carbons (Fsp3) is 0.550. The Morgan fingerprint density at radius 2 is 2.00 bits per heavy atom. The van der Waals surface area contributed by atoms with E-state index in [4.69, 9.17) is 9.88 Å². The largest absolute Gasteiger partial charge is 0.452 e. The number of rotatable bonds is 5. The van der Waals surface area contributed by atoms with Crippen LogP contribution in [-0.4, -0.2) is 32.6 Å². The predicted octanol–water partition coefficient (Wildman–Crippen LogP) is 2.12. The number of nitrogens with two attached hydrogens (primary N) is 1. The van der Waals surface area contributed by atoms with Crippen molar-refractivity contribution in [3.05, 3.63) is 29.3 Å². The molecule has 3 rings (SSSR count). The van der Waals surface area contributed by atoms with Gasteiger partial charge in [-0.15, -0.1) is 0 Å². The van der Waals surface area contributed by atoms with E-state index < -0.39 is 28.5 Å². The van der Waals surface area contributed by atoms with Crippen molar-refractivity contribution in [1.29, 1.82) is 0 Å². The SMILES string of the molecule is Cc1ccc(C(=O)OCC(=O)N/N=C2\CC3CCC2(C)C3(C)C)cc1S(N)(=O)=O. The molecule has 0 spiro atoms. The lowest BCUT2D eigenvalue weighted by atomic mass is 9.70. The number of hydrogen-bond donors (Lipinski definition) is 2. The number of carbonyl (C=O) groups excluding carboxylic acids is 2. The zero-order valence-electron chi connectivity index (χ0n) is 17.1. The molecule has 158 valence electrons. The molecule has 8 nitrogen and oxygen atoms in total. The van der Waals surface area contributed by atoms with Gasteiger partial charge in [-0.1, -0.05) is 26.8 Å². The molecule has 2 atom stereocenters. The van der Waals surface area contributed by atoms with Gasteiger partial charge in [0.05, 0.1) is 10.5 Å². The average molecular weight is 422 g/mol. The van der Waals surface area contributed by atoms with Crippen LogP contribution in [0.5, 0.6) is 0 Å². The number of ether oxygens (including phenoxy) is 1. The lowest BCUT2D eigenvalue weighted by molar-refractivity contribution is -0.124. The van der Waals surface area contributed by atoms with E-state index in [0.29, 0.717) is 11.5 Å². The fourth-order valence-corrected chi connectivity index (χ4v) is 5.32. The van der Waals surface area contributed by atoms with Crippen LogP contribution < -0.4 is 10.6 Å². The second-order valence-electron chi connectivity index (χ2n) is 8.69. The first-order valence-corrected chi connectivity index (χ1v) is 11.1. The highest BCUT2D eigenvalue weighted by Gasteiger charge is 2.60. The van der Waals surface area contributed by atoms with Crippen LogP contribution in [0.15, 0.2) is 28.2 Å². The summed E-state index contributed by atoms with van der Waals surface area (Å²) in [6, 6.07) is 4.02. The number of aryl methyl sites for hydroxylation is 1. The summed E-state index contributed by atoms with van der Waals surface area (Å²) in [4.78, 5) is 24.1. The molecule has 1 aromatic rings. The van der Waals surface area contributed by atoms with Gasteiger partial charge in [-0.25, -0.2) is 23.8 Å². The van der Waals surface area contributed by atoms with E-state index in [-0.39, 0.29) is 21.3 Å². The first kappa shape index (κ1) is 21.4. The minimum atomic E-state index is -3.96. The number of carbonyl (C=O) groups is 2. The van der Waals surface area contributed by atoms with Gasteiger partial charge in [0.15, 0.2) is 6.61 Å². The standard InChI is InChI=1S/C20H27N3O5S/c1-12-5-6-13(9-15(12)29(21,26)27)18(25)28-11-17(24)23-22-16-10-14-7-8-20(16,4)19(14,2)3/h5-6,9,14H,7-8,10-11H2,1-4H3,(H,23,24)(H2,21,26,27)/b22-16+. The van der Waals surface area contributed by atoms with Gasteiger partial charge >= 0.3 is 5.97 Å². The van der Waals surface area contributed by atoms with Gasteiger partial charge in [0.1, 0.15) is 0 Å². The zero-order chi connectivity index (χ0) is 21.6. The maximum absolute atomic E-state index is 12.2. The lowest BCUT2D eigenvalue weighted by Gasteiger charge is -2.34. The summed E-state index contributed by atoms with van der Waals surface area (Å²) in [5.74, 6) is -0.796. The highest BCUT2D eigenvalue weighted by atomic mass is 32.2. The number of hydrazone groups is 1. The van der Waals surface area contributed by atoms with Gasteiger partial charge in [0, 0.05) is 11.1 Å². The van der Waals surface area contributed by atoms with Gasteiger partial charge in [0.2, 0.25) is 10.0 Å². The molecule has 2 unspecified atom stereocenters. The number of fused-ring (bicyclic) bond motifs is 2. The monoisotopic (exact) mass is 421 g/mol. The Morgan fingerprint density at radius 3 is 2.55 bits per heavy atom. The topological polar surface area (TPSA) is 128 Å². The van der Waals surface area contributed by atoms with Crippen LogP contribution >= 0.6 is 0 Å². The van der Waals surface area contributed by atoms with Crippen molar-refractivity contribution < 1.29 is 22.7 Å². The third-order valence-corrected chi connectivity index (χ3v) is 7.95. The predicted molar refractivity (Wildman–Crippen MR) is 108 cm³/mol. The van der Waals surface area contributed by atoms with Crippen molar-refractivity contribution in [3.8, 4) is 0 Å². The Balaban J connectivity index is 1.60. The number of amides is 1. The minimum Gasteiger partial charge on any atom is -0.452 e. The third kappa shape index (κ3) is 3.81. The first-order chi connectivity index (χ1) is 13.4. The van der Waals surface area contributed by atoms with Crippen molar-refractivity contribution in [2.75, 3.05) is 6.61 Å². The normalized spacial score (nSPS) is 26.5. The number of esters is 1. The molecule has 9 heteroatoms. The average Bonchev–Trinajstić information content (AvgIpc) is 2.97. The Hall–Kier alpha value is -2.26. The third-order valence-electron chi connectivity index (χ3n) is 6.89. The summed E-state index contributed by atoms with van der Waals surface area (Å²) < 4.78 is 28.1. The number of nitrogens with one attached hydrogen (secondary N) is 1. The van der Waals surface area contributed by atoms with Crippen LogP contribution in [0, 0.1) is 23.7 Å². The van der Waals surface area contributed by atoms with Crippen molar-refractivity contribution in [1.82, 2.24) is 5.43 Å². The van der Waals surface area contributed by atoms with Gasteiger partial charge < -0.3 is 4.74 Å². The number of nitrogens with zero attached hydrogens (tertiary/aromatic N) is 1. The molecule has 1 amide bonds. The number of primary sulfonamides is 1. The van der Waals surface area contributed by atoms with Crippen LogP contribution in [0.25, 0.3) is 0 Å². The molecule has 0 aromatic heterocycles. The number of sulfonamides is 1. The first-order valence-electron chi connectivity index (χ1n) is 9.53. The molecule has 0 saturated heterocycles. The number of benzene rings is 1. The fourth-order valence-electron chi connectivity index (χ4n) is 4.51. The molecule has 2 fully saturated rings. The Labute approximate surface area is 170 Å². The van der Waals surface area contributed by atoms with Gasteiger partial charge in [-0.05, 0) is 55.2 Å². The van der Waals surface area contributed by atoms with E-state index in [0.717, 1.165) is 24.6 Å². The summed E-state index contributed by atoms with van der Waals surface area (Å²) in [6.45, 7) is 7.73. The molecule has 2 saturated carbocycles. The van der Waals surface area contributed by atoms with Crippen LogP contribution in [0.3, 0.4) is 0 Å². The van der Waals surface area contributed by atoms with Crippen molar-refractivity contribution in [2.45, 2.75) is 51.9 Å². The van der Waals surface area contributed by atoms with E-state index in [2.05, 4.69) is 31.3 Å². The molecular weight excluding hydrogens is 394 g/mol. The van der Waals surface area contributed by atoms with Gasteiger partial charge in [0.25, 0.3) is 5.91 Å². The summed E-state index contributed by atoms with van der Waals surface area (Å²) in [7, 11) is -3.96. The maximum atomic E-state index is 12.2. The van der Waals surface area contributed by atoms with Crippen LogP contribution in [0.4, 0.5) is 0 Å². The minimum absolute atomic E-state index is 0.00102. The molecule has 29 heavy (non-hydrogen) atoms. The van der Waals surface area contributed by atoms with E-state index in [1.807, 2.05) is 0 Å². The van der Waals surface area contributed by atoms with Crippen molar-refractivity contribution >= 4 is 27.6 Å². The molecule has 0 heterocycles. The molecule has 2 aliphatic rings. The van der Waals surface area contributed by atoms with Gasteiger partial charge in [-0.3, -0.25) is 4.79 Å². The molecule has 2 bridgehead atoms. The second kappa shape index (κ2) is 7.21. The van der Waals surface area contributed by atoms with Crippen LogP contribution in [0.2, 0.25) is 0 Å². The van der Waals surface area contributed by atoms with E-state index in [9.17, 15) is 18.0 Å². The van der Waals surface area contributed by atoms with E-state index in [1.54, 1.807) is 6.92 Å². The molecule has 3 N–H and O–H groups in total. The smallest absolute Gasteiger partial charge is 0.338 e. The molecular formula is C20H27N3O5S.